The van der Waals surface area contributed by atoms with Crippen LogP contribution < -0.4 is 25.3 Å². The van der Waals surface area contributed by atoms with Crippen LogP contribution in [0.4, 0.5) is 0 Å². The average molecular weight is 336 g/mol. The van der Waals surface area contributed by atoms with Crippen LogP contribution in [0.2, 0.25) is 0 Å². The summed E-state index contributed by atoms with van der Waals surface area (Å²) in [7, 11) is 4.51. The fraction of sp³-hybridized carbons (Fsp3) is 0.529. The monoisotopic (exact) mass is 336 g/mol. The molecule has 2 atom stereocenters. The molecule has 2 amide bonds. The number of nitrogens with two attached hydrogens (primary N) is 1. The third-order valence-corrected chi connectivity index (χ3v) is 4.42. The number of carbonyl (C=O) groups excluding carboxylic acids is 2. The Morgan fingerprint density at radius 1 is 1.12 bits per heavy atom. The van der Waals surface area contributed by atoms with Gasteiger partial charge in [-0.25, -0.2) is 0 Å². The van der Waals surface area contributed by atoms with Gasteiger partial charge in [-0.2, -0.15) is 0 Å². The first-order chi connectivity index (χ1) is 11.5. The molecule has 3 N–H and O–H groups in total. The summed E-state index contributed by atoms with van der Waals surface area (Å²) < 4.78 is 15.7. The van der Waals surface area contributed by atoms with Gasteiger partial charge in [0.1, 0.15) is 0 Å². The van der Waals surface area contributed by atoms with Crippen LogP contribution in [0.25, 0.3) is 0 Å². The predicted molar refractivity (Wildman–Crippen MR) is 88.5 cm³/mol. The van der Waals surface area contributed by atoms with E-state index in [4.69, 9.17) is 19.9 Å². The summed E-state index contributed by atoms with van der Waals surface area (Å²) in [6.07, 6.45) is 2.41. The quantitative estimate of drug-likeness (QED) is 0.783. The van der Waals surface area contributed by atoms with Crippen molar-refractivity contribution >= 4 is 11.8 Å². The second-order valence-electron chi connectivity index (χ2n) is 5.90. The molecule has 0 heterocycles. The second kappa shape index (κ2) is 7.90. The van der Waals surface area contributed by atoms with Crippen molar-refractivity contribution in [1.82, 2.24) is 5.32 Å². The SMILES string of the molecule is COc1cc(C(=O)NCC2CCC(C(N)=O)C2)cc(OC)c1OC. The standard InChI is InChI=1S/C17H24N2O5/c1-22-13-7-12(8-14(23-2)15(13)24-3)17(21)19-9-10-4-5-11(6-10)16(18)20/h7-8,10-11H,4-6,9H2,1-3H3,(H2,18,20)(H,19,21). The molecule has 0 spiro atoms. The van der Waals surface area contributed by atoms with Gasteiger partial charge in [0.15, 0.2) is 11.5 Å². The lowest BCUT2D eigenvalue weighted by Crippen LogP contribution is -2.29. The van der Waals surface area contributed by atoms with E-state index in [1.54, 1.807) is 12.1 Å². The number of amides is 2. The second-order valence-corrected chi connectivity index (χ2v) is 5.90. The number of rotatable bonds is 7. The van der Waals surface area contributed by atoms with Crippen LogP contribution in [0.15, 0.2) is 12.1 Å². The van der Waals surface area contributed by atoms with Crippen LogP contribution >= 0.6 is 0 Å². The topological polar surface area (TPSA) is 99.9 Å². The zero-order valence-corrected chi connectivity index (χ0v) is 14.3. The highest BCUT2D eigenvalue weighted by Gasteiger charge is 2.28. The van der Waals surface area contributed by atoms with Gasteiger partial charge < -0.3 is 25.3 Å². The first kappa shape index (κ1) is 17.9. The number of primary amides is 1. The van der Waals surface area contributed by atoms with Crippen LogP contribution in [0.3, 0.4) is 0 Å². The lowest BCUT2D eigenvalue weighted by Gasteiger charge is -2.15. The van der Waals surface area contributed by atoms with E-state index in [1.807, 2.05) is 0 Å². The zero-order valence-electron chi connectivity index (χ0n) is 14.3. The first-order valence-corrected chi connectivity index (χ1v) is 7.87. The maximum atomic E-state index is 12.4. The van der Waals surface area contributed by atoms with E-state index in [1.165, 1.54) is 21.3 Å². The molecule has 0 saturated heterocycles. The minimum Gasteiger partial charge on any atom is -0.493 e. The lowest BCUT2D eigenvalue weighted by molar-refractivity contribution is -0.121. The minimum absolute atomic E-state index is 0.0759. The fourth-order valence-electron chi connectivity index (χ4n) is 3.07. The van der Waals surface area contributed by atoms with Crippen molar-refractivity contribution in [1.29, 1.82) is 0 Å². The first-order valence-electron chi connectivity index (χ1n) is 7.87. The molecule has 1 fully saturated rings. The summed E-state index contributed by atoms with van der Waals surface area (Å²) in [5, 5.41) is 2.90. The van der Waals surface area contributed by atoms with Gasteiger partial charge in [-0.3, -0.25) is 9.59 Å². The van der Waals surface area contributed by atoms with Crippen LogP contribution in [-0.2, 0) is 4.79 Å². The Balaban J connectivity index is 2.03. The molecular weight excluding hydrogens is 312 g/mol. The predicted octanol–water partition coefficient (Wildman–Crippen LogP) is 1.34. The van der Waals surface area contributed by atoms with Gasteiger partial charge in [0.2, 0.25) is 11.7 Å². The molecule has 7 nitrogen and oxygen atoms in total. The van der Waals surface area contributed by atoms with E-state index in [0.717, 1.165) is 19.3 Å². The number of hydrogen-bond donors (Lipinski definition) is 2. The van der Waals surface area contributed by atoms with E-state index in [-0.39, 0.29) is 23.7 Å². The number of benzene rings is 1. The number of methoxy groups -OCH3 is 3. The molecule has 0 aliphatic heterocycles. The van der Waals surface area contributed by atoms with Crippen LogP contribution in [0.5, 0.6) is 17.2 Å². The maximum absolute atomic E-state index is 12.4. The van der Waals surface area contributed by atoms with Gasteiger partial charge in [-0.1, -0.05) is 0 Å². The van der Waals surface area contributed by atoms with Gasteiger partial charge in [0.25, 0.3) is 5.91 Å². The molecule has 24 heavy (non-hydrogen) atoms. The Bertz CT molecular complexity index is 592. The summed E-state index contributed by atoms with van der Waals surface area (Å²) in [6.45, 7) is 0.513. The molecule has 1 aromatic carbocycles. The minimum atomic E-state index is -0.256. The van der Waals surface area contributed by atoms with Crippen LogP contribution in [0, 0.1) is 11.8 Å². The molecule has 2 rings (SSSR count). The number of ether oxygens (including phenoxy) is 3. The normalized spacial score (nSPS) is 19.6. The molecule has 1 aromatic rings. The van der Waals surface area contributed by atoms with E-state index in [0.29, 0.717) is 29.4 Å². The molecule has 1 saturated carbocycles. The Morgan fingerprint density at radius 3 is 2.21 bits per heavy atom. The molecule has 0 bridgehead atoms. The molecule has 0 radical (unpaired) electrons. The van der Waals surface area contributed by atoms with Crippen molar-refractivity contribution in [2.45, 2.75) is 19.3 Å². The van der Waals surface area contributed by atoms with Crippen molar-refractivity contribution in [2.24, 2.45) is 17.6 Å². The largest absolute Gasteiger partial charge is 0.493 e. The zero-order chi connectivity index (χ0) is 17.7. The summed E-state index contributed by atoms with van der Waals surface area (Å²) >= 11 is 0. The average Bonchev–Trinajstić information content (AvgIpc) is 3.07. The molecule has 0 aromatic heterocycles. The Hall–Kier alpha value is -2.44. The van der Waals surface area contributed by atoms with E-state index in [9.17, 15) is 9.59 Å². The fourth-order valence-corrected chi connectivity index (χ4v) is 3.07. The van der Waals surface area contributed by atoms with E-state index in [2.05, 4.69) is 5.32 Å². The smallest absolute Gasteiger partial charge is 0.251 e. The van der Waals surface area contributed by atoms with Crippen LogP contribution in [0.1, 0.15) is 29.6 Å². The van der Waals surface area contributed by atoms with Crippen molar-refractivity contribution in [2.75, 3.05) is 27.9 Å². The highest BCUT2D eigenvalue weighted by molar-refractivity contribution is 5.95. The molecule has 132 valence electrons. The van der Waals surface area contributed by atoms with Gasteiger partial charge in [-0.05, 0) is 37.3 Å². The summed E-state index contributed by atoms with van der Waals surface area (Å²) in [4.78, 5) is 23.6. The maximum Gasteiger partial charge on any atom is 0.251 e. The van der Waals surface area contributed by atoms with Crippen molar-refractivity contribution in [3.8, 4) is 17.2 Å². The molecule has 1 aliphatic carbocycles. The van der Waals surface area contributed by atoms with Gasteiger partial charge >= 0.3 is 0 Å². The summed E-state index contributed by atoms with van der Waals surface area (Å²) in [5.74, 6) is 1.01. The summed E-state index contributed by atoms with van der Waals surface area (Å²) in [6, 6.07) is 3.22. The highest BCUT2D eigenvalue weighted by atomic mass is 16.5. The Morgan fingerprint density at radius 2 is 1.75 bits per heavy atom. The Labute approximate surface area is 141 Å². The number of nitrogens with one attached hydrogen (secondary N) is 1. The lowest BCUT2D eigenvalue weighted by atomic mass is 10.0. The Kier molecular flexibility index (Phi) is 5.89. The summed E-state index contributed by atoms with van der Waals surface area (Å²) in [5.41, 5.74) is 5.76. The van der Waals surface area contributed by atoms with Gasteiger partial charge in [0, 0.05) is 18.0 Å². The van der Waals surface area contributed by atoms with E-state index < -0.39 is 0 Å². The number of hydrogen-bond acceptors (Lipinski definition) is 5. The third kappa shape index (κ3) is 3.90. The highest BCUT2D eigenvalue weighted by Crippen LogP contribution is 2.38. The van der Waals surface area contributed by atoms with Crippen molar-refractivity contribution in [3.05, 3.63) is 17.7 Å². The van der Waals surface area contributed by atoms with E-state index >= 15 is 0 Å². The molecule has 2 unspecified atom stereocenters. The van der Waals surface area contributed by atoms with Gasteiger partial charge in [-0.15, -0.1) is 0 Å². The molecular formula is C17H24N2O5. The molecule has 7 heteroatoms. The van der Waals surface area contributed by atoms with Gasteiger partial charge in [0.05, 0.1) is 21.3 Å². The van der Waals surface area contributed by atoms with Crippen molar-refractivity contribution < 1.29 is 23.8 Å². The third-order valence-electron chi connectivity index (χ3n) is 4.42. The number of carbonyl (C=O) groups is 2. The van der Waals surface area contributed by atoms with Crippen molar-refractivity contribution in [3.63, 3.8) is 0 Å². The van der Waals surface area contributed by atoms with Crippen LogP contribution in [-0.4, -0.2) is 39.7 Å². The molecule has 1 aliphatic rings.